The molecule has 17 heavy (non-hydrogen) atoms. The lowest BCUT2D eigenvalue weighted by molar-refractivity contribution is 0.0938. The Balaban J connectivity index is 2.66. The zero-order valence-electron chi connectivity index (χ0n) is 10.9. The first kappa shape index (κ1) is 14.2. The minimum Gasteiger partial charge on any atom is -0.350 e. The fraction of sp³-hybridized carbons (Fsp3) is 0.500. The number of carbonyl (C=O) groups excluding carboxylic acids is 1. The van der Waals surface area contributed by atoms with Gasteiger partial charge in [-0.25, -0.2) is 0 Å². The largest absolute Gasteiger partial charge is 0.350 e. The third kappa shape index (κ3) is 4.50. The summed E-state index contributed by atoms with van der Waals surface area (Å²) in [7, 11) is 0. The van der Waals surface area contributed by atoms with E-state index in [0.29, 0.717) is 4.83 Å². The lowest BCUT2D eigenvalue weighted by Gasteiger charge is -2.15. The van der Waals surface area contributed by atoms with Crippen LogP contribution in [-0.4, -0.2) is 16.8 Å². The van der Waals surface area contributed by atoms with Gasteiger partial charge in [-0.2, -0.15) is 0 Å². The van der Waals surface area contributed by atoms with Gasteiger partial charge in [-0.15, -0.1) is 0 Å². The number of benzene rings is 1. The van der Waals surface area contributed by atoms with Gasteiger partial charge >= 0.3 is 0 Å². The quantitative estimate of drug-likeness (QED) is 0.846. The van der Waals surface area contributed by atoms with E-state index in [9.17, 15) is 4.79 Å². The number of alkyl halides is 1. The fourth-order valence-electron chi connectivity index (χ4n) is 1.74. The molecular weight excluding hydrogens is 278 g/mol. The van der Waals surface area contributed by atoms with E-state index in [4.69, 9.17) is 0 Å². The molecule has 0 aliphatic carbocycles. The monoisotopic (exact) mass is 297 g/mol. The molecule has 0 saturated carbocycles. The molecule has 0 radical (unpaired) electrons. The van der Waals surface area contributed by atoms with Crippen molar-refractivity contribution in [3.63, 3.8) is 0 Å². The molecule has 1 aromatic carbocycles. The van der Waals surface area contributed by atoms with Gasteiger partial charge in [-0.1, -0.05) is 28.9 Å². The zero-order chi connectivity index (χ0) is 13.0. The van der Waals surface area contributed by atoms with Crippen molar-refractivity contribution < 1.29 is 4.79 Å². The van der Waals surface area contributed by atoms with Crippen molar-refractivity contribution >= 4 is 21.8 Å². The van der Waals surface area contributed by atoms with Crippen LogP contribution in [0.15, 0.2) is 18.2 Å². The van der Waals surface area contributed by atoms with Crippen molar-refractivity contribution in [1.29, 1.82) is 0 Å². The summed E-state index contributed by atoms with van der Waals surface area (Å²) in [5, 5.41) is 3.01. The SMILES string of the molecule is Cc1ccc(C(=O)NC(C)CC(C)Br)cc1C. The molecule has 0 aliphatic heterocycles. The van der Waals surface area contributed by atoms with Crippen molar-refractivity contribution in [3.05, 3.63) is 34.9 Å². The molecule has 0 bridgehead atoms. The Hall–Kier alpha value is -0.830. The number of rotatable bonds is 4. The van der Waals surface area contributed by atoms with Crippen LogP contribution in [0, 0.1) is 13.8 Å². The van der Waals surface area contributed by atoms with Gasteiger partial charge in [0.1, 0.15) is 0 Å². The summed E-state index contributed by atoms with van der Waals surface area (Å²) in [5.74, 6) is 0.00810. The van der Waals surface area contributed by atoms with Crippen LogP contribution < -0.4 is 5.32 Å². The Labute approximate surface area is 112 Å². The van der Waals surface area contributed by atoms with Crippen molar-refractivity contribution in [1.82, 2.24) is 5.32 Å². The average Bonchev–Trinajstić information content (AvgIpc) is 2.20. The first-order chi connectivity index (χ1) is 7.90. The van der Waals surface area contributed by atoms with Crippen LogP contribution in [0.1, 0.15) is 41.8 Å². The molecule has 0 spiro atoms. The van der Waals surface area contributed by atoms with Gasteiger partial charge in [0.25, 0.3) is 5.91 Å². The van der Waals surface area contributed by atoms with E-state index in [1.807, 2.05) is 39.0 Å². The minimum absolute atomic E-state index is 0.00810. The van der Waals surface area contributed by atoms with Gasteiger partial charge in [0, 0.05) is 16.4 Å². The number of nitrogens with one attached hydrogen (secondary N) is 1. The van der Waals surface area contributed by atoms with E-state index in [2.05, 4.69) is 28.2 Å². The van der Waals surface area contributed by atoms with Gasteiger partial charge < -0.3 is 5.32 Å². The molecule has 0 fully saturated rings. The minimum atomic E-state index is 0.00810. The summed E-state index contributed by atoms with van der Waals surface area (Å²) >= 11 is 3.49. The maximum absolute atomic E-state index is 12.0. The van der Waals surface area contributed by atoms with Crippen molar-refractivity contribution in [2.45, 2.75) is 45.0 Å². The van der Waals surface area contributed by atoms with Crippen LogP contribution in [-0.2, 0) is 0 Å². The highest BCUT2D eigenvalue weighted by Gasteiger charge is 2.11. The highest BCUT2D eigenvalue weighted by atomic mass is 79.9. The van der Waals surface area contributed by atoms with Crippen molar-refractivity contribution in [2.75, 3.05) is 0 Å². The average molecular weight is 298 g/mol. The van der Waals surface area contributed by atoms with E-state index in [-0.39, 0.29) is 11.9 Å². The third-order valence-electron chi connectivity index (χ3n) is 2.82. The second kappa shape index (κ2) is 6.20. The molecule has 3 heteroatoms. The van der Waals surface area contributed by atoms with Crippen LogP contribution in [0.2, 0.25) is 0 Å². The maximum Gasteiger partial charge on any atom is 0.251 e. The lowest BCUT2D eigenvalue weighted by Crippen LogP contribution is -2.33. The van der Waals surface area contributed by atoms with Crippen molar-refractivity contribution in [2.24, 2.45) is 0 Å². The smallest absolute Gasteiger partial charge is 0.251 e. The van der Waals surface area contributed by atoms with Gasteiger partial charge in [0.15, 0.2) is 0 Å². The Kier molecular flexibility index (Phi) is 5.19. The Bertz CT molecular complexity index is 401. The van der Waals surface area contributed by atoms with Crippen LogP contribution in [0.4, 0.5) is 0 Å². The molecule has 0 aliphatic rings. The summed E-state index contributed by atoms with van der Waals surface area (Å²) < 4.78 is 0. The Morgan fingerprint density at radius 2 is 1.94 bits per heavy atom. The number of hydrogen-bond acceptors (Lipinski definition) is 1. The predicted molar refractivity (Wildman–Crippen MR) is 75.9 cm³/mol. The summed E-state index contributed by atoms with van der Waals surface area (Å²) in [6.07, 6.45) is 0.927. The number of amides is 1. The molecule has 2 nitrogen and oxygen atoms in total. The van der Waals surface area contributed by atoms with Crippen molar-refractivity contribution in [3.8, 4) is 0 Å². The molecule has 0 aromatic heterocycles. The Morgan fingerprint density at radius 1 is 1.29 bits per heavy atom. The summed E-state index contributed by atoms with van der Waals surface area (Å²) in [6.45, 7) is 8.18. The topological polar surface area (TPSA) is 29.1 Å². The molecule has 1 N–H and O–H groups in total. The molecule has 94 valence electrons. The molecule has 2 unspecified atom stereocenters. The summed E-state index contributed by atoms with van der Waals surface area (Å²) in [6, 6.07) is 5.98. The number of halogens is 1. The van der Waals surface area contributed by atoms with E-state index < -0.39 is 0 Å². The Morgan fingerprint density at radius 3 is 2.47 bits per heavy atom. The molecule has 1 rings (SSSR count). The van der Waals surface area contributed by atoms with Crippen LogP contribution in [0.25, 0.3) is 0 Å². The molecule has 0 heterocycles. The van der Waals surface area contributed by atoms with Gasteiger partial charge in [0.2, 0.25) is 0 Å². The second-order valence-electron chi connectivity index (χ2n) is 4.69. The molecule has 2 atom stereocenters. The standard InChI is InChI=1S/C14H20BrNO/c1-9-5-6-13(7-10(9)2)14(17)16-12(4)8-11(3)15/h5-7,11-12H,8H2,1-4H3,(H,16,17). The van der Waals surface area contributed by atoms with Crippen LogP contribution >= 0.6 is 15.9 Å². The number of carbonyl (C=O) groups is 1. The third-order valence-corrected chi connectivity index (χ3v) is 3.20. The highest BCUT2D eigenvalue weighted by molar-refractivity contribution is 9.09. The summed E-state index contributed by atoms with van der Waals surface area (Å²) in [4.78, 5) is 12.4. The predicted octanol–water partition coefficient (Wildman–Crippen LogP) is 3.60. The molecule has 1 amide bonds. The summed E-state index contributed by atoms with van der Waals surface area (Å²) in [5.41, 5.74) is 3.10. The molecule has 1 aromatic rings. The number of aryl methyl sites for hydroxylation is 2. The molecular formula is C14H20BrNO. The molecule has 0 saturated heterocycles. The van der Waals surface area contributed by atoms with Gasteiger partial charge in [0.05, 0.1) is 0 Å². The normalized spacial score (nSPS) is 14.2. The van der Waals surface area contributed by atoms with E-state index >= 15 is 0 Å². The second-order valence-corrected chi connectivity index (χ2v) is 6.25. The maximum atomic E-state index is 12.0. The van der Waals surface area contributed by atoms with Gasteiger partial charge in [-0.05, 0) is 50.5 Å². The first-order valence-electron chi connectivity index (χ1n) is 5.92. The number of hydrogen-bond donors (Lipinski definition) is 1. The lowest BCUT2D eigenvalue weighted by atomic mass is 10.1. The van der Waals surface area contributed by atoms with E-state index in [1.165, 1.54) is 5.56 Å². The van der Waals surface area contributed by atoms with E-state index in [0.717, 1.165) is 17.5 Å². The van der Waals surface area contributed by atoms with Crippen LogP contribution in [0.3, 0.4) is 0 Å². The van der Waals surface area contributed by atoms with E-state index in [1.54, 1.807) is 0 Å². The van der Waals surface area contributed by atoms with Crippen LogP contribution in [0.5, 0.6) is 0 Å². The van der Waals surface area contributed by atoms with Gasteiger partial charge in [-0.3, -0.25) is 4.79 Å². The fourth-order valence-corrected chi connectivity index (χ4v) is 2.30. The zero-order valence-corrected chi connectivity index (χ0v) is 12.5. The highest BCUT2D eigenvalue weighted by Crippen LogP contribution is 2.11. The first-order valence-corrected chi connectivity index (χ1v) is 6.84.